The van der Waals surface area contributed by atoms with Gasteiger partial charge in [-0.25, -0.2) is 0 Å². The predicted octanol–water partition coefficient (Wildman–Crippen LogP) is 0.859. The molecule has 0 saturated heterocycles. The molecule has 0 aliphatic carbocycles. The van der Waals surface area contributed by atoms with Gasteiger partial charge in [0.1, 0.15) is 5.82 Å². The quantitative estimate of drug-likeness (QED) is 0.571. The second kappa shape index (κ2) is 1.87. The van der Waals surface area contributed by atoms with Crippen molar-refractivity contribution in [3.05, 3.63) is 17.8 Å². The minimum atomic E-state index is 0.909. The van der Waals surface area contributed by atoms with E-state index in [9.17, 15) is 0 Å². The maximum Gasteiger partial charge on any atom is 0.131 e. The van der Waals surface area contributed by atoms with E-state index in [0.717, 1.165) is 12.4 Å². The maximum atomic E-state index is 4.10. The third kappa shape index (κ3) is 0.635. The van der Waals surface area contributed by atoms with Crippen LogP contribution in [0.25, 0.3) is 6.08 Å². The van der Waals surface area contributed by atoms with Gasteiger partial charge >= 0.3 is 0 Å². The van der Waals surface area contributed by atoms with Gasteiger partial charge in [-0.15, -0.1) is 0 Å². The Kier molecular flexibility index (Phi) is 1.03. The summed E-state index contributed by atoms with van der Waals surface area (Å²) in [6.07, 6.45) is 6.03. The van der Waals surface area contributed by atoms with Crippen LogP contribution >= 0.6 is 0 Å². The molecule has 0 unspecified atom stereocenters. The predicted molar refractivity (Wildman–Crippen MR) is 40.7 cm³/mol. The summed E-state index contributed by atoms with van der Waals surface area (Å²) >= 11 is 0. The van der Waals surface area contributed by atoms with Crippen molar-refractivity contribution in [1.29, 1.82) is 0 Å². The van der Waals surface area contributed by atoms with Crippen LogP contribution in [0.15, 0.2) is 12.3 Å². The second-order valence-corrected chi connectivity index (χ2v) is 2.36. The van der Waals surface area contributed by atoms with Gasteiger partial charge in [0.15, 0.2) is 0 Å². The minimum Gasteiger partial charge on any atom is -0.366 e. The molecule has 0 amide bonds. The Labute approximate surface area is 59.4 Å². The van der Waals surface area contributed by atoms with Crippen molar-refractivity contribution < 1.29 is 0 Å². The molecule has 0 aromatic carbocycles. The molecule has 2 heterocycles. The Morgan fingerprint density at radius 3 is 3.40 bits per heavy atom. The lowest BCUT2D eigenvalue weighted by atomic mass is 10.2. The molecular weight excluding hydrogens is 126 g/mol. The van der Waals surface area contributed by atoms with Crippen LogP contribution < -0.4 is 5.32 Å². The Morgan fingerprint density at radius 1 is 1.70 bits per heavy atom. The van der Waals surface area contributed by atoms with Crippen LogP contribution in [0.1, 0.15) is 5.56 Å². The first-order valence-electron chi connectivity index (χ1n) is 3.30. The van der Waals surface area contributed by atoms with E-state index >= 15 is 0 Å². The molecule has 0 saturated carbocycles. The van der Waals surface area contributed by atoms with Crippen LogP contribution in [0.4, 0.5) is 5.82 Å². The fraction of sp³-hybridized carbons (Fsp3) is 0.286. The molecule has 52 valence electrons. The van der Waals surface area contributed by atoms with E-state index in [1.165, 1.54) is 5.56 Å². The van der Waals surface area contributed by atoms with Crippen molar-refractivity contribution in [3.8, 4) is 0 Å². The first kappa shape index (κ1) is 5.53. The number of rotatable bonds is 0. The number of nitrogens with zero attached hydrogens (tertiary/aromatic N) is 2. The summed E-state index contributed by atoms with van der Waals surface area (Å²) in [6.45, 7) is 0.909. The van der Waals surface area contributed by atoms with Crippen molar-refractivity contribution in [1.82, 2.24) is 9.78 Å². The smallest absolute Gasteiger partial charge is 0.131 e. The number of aryl methyl sites for hydroxylation is 1. The lowest BCUT2D eigenvalue weighted by molar-refractivity contribution is 0.772. The highest BCUT2D eigenvalue weighted by atomic mass is 15.3. The largest absolute Gasteiger partial charge is 0.366 e. The monoisotopic (exact) mass is 135 g/mol. The molecule has 1 aliphatic heterocycles. The van der Waals surface area contributed by atoms with Crippen molar-refractivity contribution in [2.45, 2.75) is 0 Å². The molecule has 0 radical (unpaired) electrons. The first-order valence-corrected chi connectivity index (χ1v) is 3.30. The van der Waals surface area contributed by atoms with Crippen LogP contribution in [0.5, 0.6) is 0 Å². The van der Waals surface area contributed by atoms with Gasteiger partial charge in [-0.3, -0.25) is 4.68 Å². The number of anilines is 1. The van der Waals surface area contributed by atoms with Gasteiger partial charge in [-0.05, 0) is 0 Å². The molecule has 3 heteroatoms. The van der Waals surface area contributed by atoms with E-state index in [-0.39, 0.29) is 0 Å². The van der Waals surface area contributed by atoms with Crippen molar-refractivity contribution in [2.24, 2.45) is 7.05 Å². The Balaban J connectivity index is 2.57. The second-order valence-electron chi connectivity index (χ2n) is 2.36. The number of nitrogens with one attached hydrogen (secondary N) is 1. The van der Waals surface area contributed by atoms with Crippen LogP contribution in [-0.4, -0.2) is 16.3 Å². The summed E-state index contributed by atoms with van der Waals surface area (Å²) < 4.78 is 1.85. The normalized spacial score (nSPS) is 14.5. The average molecular weight is 135 g/mol. The topological polar surface area (TPSA) is 29.9 Å². The average Bonchev–Trinajstić information content (AvgIpc) is 2.34. The minimum absolute atomic E-state index is 0.909. The number of fused-ring (bicyclic) bond motifs is 1. The van der Waals surface area contributed by atoms with Crippen molar-refractivity contribution >= 4 is 11.9 Å². The van der Waals surface area contributed by atoms with Gasteiger partial charge in [0.05, 0.1) is 6.20 Å². The molecule has 0 fully saturated rings. The molecule has 0 atom stereocenters. The van der Waals surface area contributed by atoms with Gasteiger partial charge in [0, 0.05) is 19.2 Å². The number of hydrogen-bond acceptors (Lipinski definition) is 2. The van der Waals surface area contributed by atoms with E-state index < -0.39 is 0 Å². The number of hydrogen-bond donors (Lipinski definition) is 1. The van der Waals surface area contributed by atoms with E-state index in [2.05, 4.69) is 22.6 Å². The van der Waals surface area contributed by atoms with Crippen LogP contribution in [-0.2, 0) is 7.05 Å². The summed E-state index contributed by atoms with van der Waals surface area (Å²) in [5, 5.41) is 7.33. The van der Waals surface area contributed by atoms with Crippen LogP contribution in [0.2, 0.25) is 0 Å². The summed E-state index contributed by atoms with van der Waals surface area (Å²) in [7, 11) is 1.94. The van der Waals surface area contributed by atoms with Gasteiger partial charge in [0.2, 0.25) is 0 Å². The zero-order valence-corrected chi connectivity index (χ0v) is 5.83. The van der Waals surface area contributed by atoms with Gasteiger partial charge in [0.25, 0.3) is 0 Å². The van der Waals surface area contributed by atoms with Gasteiger partial charge < -0.3 is 5.32 Å². The fourth-order valence-electron chi connectivity index (χ4n) is 1.13. The molecule has 2 rings (SSSR count). The highest BCUT2D eigenvalue weighted by Crippen LogP contribution is 2.17. The lowest BCUT2D eigenvalue weighted by Gasteiger charge is -2.08. The zero-order valence-electron chi connectivity index (χ0n) is 5.83. The molecular formula is C7H9N3. The van der Waals surface area contributed by atoms with Gasteiger partial charge in [-0.1, -0.05) is 12.2 Å². The first-order chi connectivity index (χ1) is 4.88. The third-order valence-corrected chi connectivity index (χ3v) is 1.65. The molecule has 1 aromatic rings. The van der Waals surface area contributed by atoms with Crippen LogP contribution in [0, 0.1) is 0 Å². The molecule has 1 aromatic heterocycles. The molecule has 3 nitrogen and oxygen atoms in total. The van der Waals surface area contributed by atoms with E-state index in [1.54, 1.807) is 0 Å². The Bertz CT molecular complexity index is 272. The van der Waals surface area contributed by atoms with E-state index in [4.69, 9.17) is 0 Å². The van der Waals surface area contributed by atoms with Gasteiger partial charge in [-0.2, -0.15) is 5.10 Å². The van der Waals surface area contributed by atoms with E-state index in [1.807, 2.05) is 17.9 Å². The lowest BCUT2D eigenvalue weighted by Crippen LogP contribution is -2.07. The summed E-state index contributed by atoms with van der Waals surface area (Å²) in [4.78, 5) is 0. The fourth-order valence-corrected chi connectivity index (χ4v) is 1.13. The number of aromatic nitrogens is 2. The van der Waals surface area contributed by atoms with E-state index in [0.29, 0.717) is 0 Å². The zero-order chi connectivity index (χ0) is 6.97. The standard InChI is InChI=1S/C7H9N3/c1-10-7-6(5-9-10)3-2-4-8-7/h2-3,5,8H,4H2,1H3. The Morgan fingerprint density at radius 2 is 2.60 bits per heavy atom. The van der Waals surface area contributed by atoms with Crippen LogP contribution in [0.3, 0.4) is 0 Å². The molecule has 1 aliphatic rings. The highest BCUT2D eigenvalue weighted by Gasteiger charge is 2.06. The maximum absolute atomic E-state index is 4.10. The SMILES string of the molecule is Cn1ncc2c1NCC=C2. The molecule has 10 heavy (non-hydrogen) atoms. The molecule has 1 N–H and O–H groups in total. The summed E-state index contributed by atoms with van der Waals surface area (Å²) in [5.74, 6) is 1.11. The molecule has 0 spiro atoms. The third-order valence-electron chi connectivity index (χ3n) is 1.65. The van der Waals surface area contributed by atoms with Crippen molar-refractivity contribution in [3.63, 3.8) is 0 Å². The van der Waals surface area contributed by atoms with Crippen molar-refractivity contribution in [2.75, 3.05) is 11.9 Å². The summed E-state index contributed by atoms with van der Waals surface area (Å²) in [6, 6.07) is 0. The highest BCUT2D eigenvalue weighted by molar-refractivity contribution is 5.66. The molecule has 0 bridgehead atoms. The Hall–Kier alpha value is -1.25. The summed E-state index contributed by atoms with van der Waals surface area (Å²) in [5.41, 5.74) is 1.17.